The fourth-order valence-corrected chi connectivity index (χ4v) is 1.24. The molecule has 2 rings (SSSR count). The van der Waals surface area contributed by atoms with Crippen LogP contribution in [0.3, 0.4) is 0 Å². The minimum atomic E-state index is -0.0359. The molecule has 0 aromatic carbocycles. The van der Waals surface area contributed by atoms with Crippen LogP contribution >= 0.6 is 0 Å². The van der Waals surface area contributed by atoms with Gasteiger partial charge in [0.2, 0.25) is 5.71 Å². The first-order valence-electron chi connectivity index (χ1n) is 4.05. The SMILES string of the molecule is Cc1ccc2c(=O)cc(C)oc2n1. The van der Waals surface area contributed by atoms with E-state index in [1.807, 2.05) is 6.92 Å². The molecule has 13 heavy (non-hydrogen) atoms. The molecule has 0 N–H and O–H groups in total. The maximum atomic E-state index is 11.4. The highest BCUT2D eigenvalue weighted by molar-refractivity contribution is 5.72. The summed E-state index contributed by atoms with van der Waals surface area (Å²) in [5.74, 6) is 0.593. The predicted molar refractivity (Wildman–Crippen MR) is 49.8 cm³/mol. The average Bonchev–Trinajstić information content (AvgIpc) is 2.02. The third kappa shape index (κ3) is 1.33. The summed E-state index contributed by atoms with van der Waals surface area (Å²) >= 11 is 0. The highest BCUT2D eigenvalue weighted by Crippen LogP contribution is 2.09. The van der Waals surface area contributed by atoms with Gasteiger partial charge in [-0.05, 0) is 26.0 Å². The van der Waals surface area contributed by atoms with Crippen LogP contribution in [0.5, 0.6) is 0 Å². The Kier molecular flexibility index (Phi) is 1.65. The standard InChI is InChI=1S/C10H9NO2/c1-6-3-4-8-9(12)5-7(2)13-10(8)11-6/h3-5H,1-2H3. The van der Waals surface area contributed by atoms with Crippen LogP contribution in [0.15, 0.2) is 27.4 Å². The number of aromatic nitrogens is 1. The van der Waals surface area contributed by atoms with Crippen LogP contribution in [-0.4, -0.2) is 4.98 Å². The zero-order chi connectivity index (χ0) is 9.42. The van der Waals surface area contributed by atoms with Crippen molar-refractivity contribution < 1.29 is 4.42 Å². The Morgan fingerprint density at radius 3 is 2.85 bits per heavy atom. The van der Waals surface area contributed by atoms with Gasteiger partial charge in [-0.3, -0.25) is 4.79 Å². The minimum absolute atomic E-state index is 0.0359. The molecule has 0 amide bonds. The van der Waals surface area contributed by atoms with Crippen molar-refractivity contribution in [1.82, 2.24) is 4.98 Å². The van der Waals surface area contributed by atoms with E-state index in [0.717, 1.165) is 5.69 Å². The second kappa shape index (κ2) is 2.69. The van der Waals surface area contributed by atoms with E-state index >= 15 is 0 Å². The Morgan fingerprint density at radius 2 is 2.08 bits per heavy atom. The van der Waals surface area contributed by atoms with E-state index in [1.54, 1.807) is 19.1 Å². The lowest BCUT2D eigenvalue weighted by molar-refractivity contribution is 0.552. The van der Waals surface area contributed by atoms with Crippen LogP contribution < -0.4 is 5.43 Å². The van der Waals surface area contributed by atoms with Crippen molar-refractivity contribution in [3.05, 3.63) is 39.9 Å². The summed E-state index contributed by atoms with van der Waals surface area (Å²) < 4.78 is 5.31. The molecule has 3 heteroatoms. The number of fused-ring (bicyclic) bond motifs is 1. The van der Waals surface area contributed by atoms with E-state index in [2.05, 4.69) is 4.98 Å². The zero-order valence-electron chi connectivity index (χ0n) is 7.50. The van der Waals surface area contributed by atoms with Gasteiger partial charge in [0.05, 0.1) is 5.39 Å². The first-order chi connectivity index (χ1) is 6.16. The van der Waals surface area contributed by atoms with Crippen molar-refractivity contribution in [2.45, 2.75) is 13.8 Å². The van der Waals surface area contributed by atoms with Gasteiger partial charge in [0.15, 0.2) is 5.43 Å². The lowest BCUT2D eigenvalue weighted by Crippen LogP contribution is -2.01. The quantitative estimate of drug-likeness (QED) is 0.613. The first kappa shape index (κ1) is 7.98. The number of pyridine rings is 1. The summed E-state index contributed by atoms with van der Waals surface area (Å²) in [7, 11) is 0. The molecule has 0 saturated heterocycles. The maximum Gasteiger partial charge on any atom is 0.230 e. The van der Waals surface area contributed by atoms with Gasteiger partial charge < -0.3 is 4.42 Å². The summed E-state index contributed by atoms with van der Waals surface area (Å²) in [6.45, 7) is 3.60. The molecule has 2 aromatic rings. The van der Waals surface area contributed by atoms with Crippen molar-refractivity contribution in [3.63, 3.8) is 0 Å². The van der Waals surface area contributed by atoms with Crippen LogP contribution in [0, 0.1) is 13.8 Å². The van der Waals surface area contributed by atoms with Gasteiger partial charge >= 0.3 is 0 Å². The van der Waals surface area contributed by atoms with E-state index < -0.39 is 0 Å². The fourth-order valence-electron chi connectivity index (χ4n) is 1.24. The minimum Gasteiger partial charge on any atom is -0.443 e. The molecular weight excluding hydrogens is 166 g/mol. The van der Waals surface area contributed by atoms with E-state index in [4.69, 9.17) is 4.42 Å². The Hall–Kier alpha value is -1.64. The second-order valence-corrected chi connectivity index (χ2v) is 3.03. The predicted octanol–water partition coefficient (Wildman–Crippen LogP) is 1.80. The Morgan fingerprint density at radius 1 is 1.31 bits per heavy atom. The molecular formula is C10H9NO2. The molecule has 0 spiro atoms. The molecule has 0 unspecified atom stereocenters. The van der Waals surface area contributed by atoms with Gasteiger partial charge in [-0.1, -0.05) is 0 Å². The van der Waals surface area contributed by atoms with Crippen LogP contribution in [0.2, 0.25) is 0 Å². The normalized spacial score (nSPS) is 10.6. The lowest BCUT2D eigenvalue weighted by Gasteiger charge is -1.97. The van der Waals surface area contributed by atoms with E-state index in [9.17, 15) is 4.79 Å². The molecule has 0 aliphatic rings. The molecule has 0 radical (unpaired) electrons. The molecule has 0 saturated carbocycles. The van der Waals surface area contributed by atoms with Gasteiger partial charge in [-0.15, -0.1) is 0 Å². The summed E-state index contributed by atoms with van der Waals surface area (Å²) in [6.07, 6.45) is 0. The van der Waals surface area contributed by atoms with Gasteiger partial charge in [-0.2, -0.15) is 0 Å². The highest BCUT2D eigenvalue weighted by Gasteiger charge is 2.02. The Labute approximate surface area is 75.0 Å². The number of hydrogen-bond acceptors (Lipinski definition) is 3. The smallest absolute Gasteiger partial charge is 0.230 e. The van der Waals surface area contributed by atoms with Crippen molar-refractivity contribution in [1.29, 1.82) is 0 Å². The maximum absolute atomic E-state index is 11.4. The topological polar surface area (TPSA) is 43.1 Å². The molecule has 2 aromatic heterocycles. The molecule has 0 aliphatic heterocycles. The Balaban J connectivity index is 2.95. The van der Waals surface area contributed by atoms with Crippen LogP contribution in [-0.2, 0) is 0 Å². The molecule has 0 bridgehead atoms. The monoisotopic (exact) mass is 175 g/mol. The van der Waals surface area contributed by atoms with E-state index in [0.29, 0.717) is 16.9 Å². The number of rotatable bonds is 0. The Bertz CT molecular complexity index is 509. The van der Waals surface area contributed by atoms with Crippen molar-refractivity contribution in [2.24, 2.45) is 0 Å². The van der Waals surface area contributed by atoms with Crippen LogP contribution in [0.4, 0.5) is 0 Å². The number of aryl methyl sites for hydroxylation is 2. The second-order valence-electron chi connectivity index (χ2n) is 3.03. The van der Waals surface area contributed by atoms with Gasteiger partial charge in [0.1, 0.15) is 5.76 Å². The van der Waals surface area contributed by atoms with E-state index in [-0.39, 0.29) is 5.43 Å². The summed E-state index contributed by atoms with van der Waals surface area (Å²) in [5, 5.41) is 0.538. The van der Waals surface area contributed by atoms with Crippen molar-refractivity contribution in [3.8, 4) is 0 Å². The molecule has 66 valence electrons. The number of hydrogen-bond donors (Lipinski definition) is 0. The first-order valence-corrected chi connectivity index (χ1v) is 4.05. The van der Waals surface area contributed by atoms with Gasteiger partial charge in [-0.25, -0.2) is 4.98 Å². The molecule has 0 fully saturated rings. The van der Waals surface area contributed by atoms with Gasteiger partial charge in [0.25, 0.3) is 0 Å². The number of nitrogens with zero attached hydrogens (tertiary/aromatic N) is 1. The van der Waals surface area contributed by atoms with Gasteiger partial charge in [0, 0.05) is 11.8 Å². The summed E-state index contributed by atoms with van der Waals surface area (Å²) in [4.78, 5) is 15.5. The lowest BCUT2D eigenvalue weighted by atomic mass is 10.2. The summed E-state index contributed by atoms with van der Waals surface area (Å²) in [5.41, 5.74) is 1.23. The van der Waals surface area contributed by atoms with E-state index in [1.165, 1.54) is 6.07 Å². The largest absolute Gasteiger partial charge is 0.443 e. The molecule has 3 nitrogen and oxygen atoms in total. The van der Waals surface area contributed by atoms with Crippen LogP contribution in [0.1, 0.15) is 11.5 Å². The fraction of sp³-hybridized carbons (Fsp3) is 0.200. The highest BCUT2D eigenvalue weighted by atomic mass is 16.3. The zero-order valence-corrected chi connectivity index (χ0v) is 7.50. The molecule has 0 aliphatic carbocycles. The molecule has 2 heterocycles. The summed E-state index contributed by atoms with van der Waals surface area (Å²) in [6, 6.07) is 5.01. The van der Waals surface area contributed by atoms with Crippen molar-refractivity contribution in [2.75, 3.05) is 0 Å². The van der Waals surface area contributed by atoms with Crippen LogP contribution in [0.25, 0.3) is 11.1 Å². The third-order valence-electron chi connectivity index (χ3n) is 1.86. The van der Waals surface area contributed by atoms with Crippen molar-refractivity contribution >= 4 is 11.1 Å². The third-order valence-corrected chi connectivity index (χ3v) is 1.86. The molecule has 0 atom stereocenters. The average molecular weight is 175 g/mol.